The molecule has 2 heterocycles. The summed E-state index contributed by atoms with van der Waals surface area (Å²) in [5.41, 5.74) is 0.713. The van der Waals surface area contributed by atoms with Crippen LogP contribution in [-0.4, -0.2) is 48.4 Å². The number of benzene rings is 1. The van der Waals surface area contributed by atoms with Crippen LogP contribution >= 0.6 is 0 Å². The van der Waals surface area contributed by atoms with E-state index in [-0.39, 0.29) is 23.7 Å². The van der Waals surface area contributed by atoms with Gasteiger partial charge in [0.05, 0.1) is 17.2 Å². The molecule has 138 valence electrons. The van der Waals surface area contributed by atoms with Crippen LogP contribution in [0, 0.1) is 5.41 Å². The van der Waals surface area contributed by atoms with Gasteiger partial charge in [0.1, 0.15) is 0 Å². The summed E-state index contributed by atoms with van der Waals surface area (Å²) >= 11 is 0. The summed E-state index contributed by atoms with van der Waals surface area (Å²) in [6.07, 6.45) is 1.84. The molecule has 2 aliphatic rings. The van der Waals surface area contributed by atoms with Crippen molar-refractivity contribution in [2.24, 2.45) is 5.41 Å². The maximum atomic E-state index is 13.0. The lowest BCUT2D eigenvalue weighted by Gasteiger charge is -2.60. The average molecular weight is 365 g/mol. The molecule has 2 saturated heterocycles. The zero-order valence-corrected chi connectivity index (χ0v) is 16.1. The smallest absolute Gasteiger partial charge is 0.232 e. The molecule has 6 heteroatoms. The Morgan fingerprint density at radius 2 is 1.76 bits per heavy atom. The van der Waals surface area contributed by atoms with Crippen molar-refractivity contribution >= 4 is 15.9 Å². The van der Waals surface area contributed by atoms with Crippen molar-refractivity contribution in [3.8, 4) is 0 Å². The summed E-state index contributed by atoms with van der Waals surface area (Å²) in [6.45, 7) is 6.86. The van der Waals surface area contributed by atoms with Gasteiger partial charge in [0.15, 0.2) is 0 Å². The minimum absolute atomic E-state index is 0.0530. The highest BCUT2D eigenvalue weighted by Gasteiger charge is 2.62. The number of amides is 1. The van der Waals surface area contributed by atoms with Crippen LogP contribution in [0.3, 0.4) is 0 Å². The summed E-state index contributed by atoms with van der Waals surface area (Å²) in [7, 11) is -3.19. The van der Waals surface area contributed by atoms with E-state index in [0.717, 1.165) is 5.56 Å². The third kappa shape index (κ3) is 2.99. The van der Waals surface area contributed by atoms with Crippen LogP contribution in [0.15, 0.2) is 30.3 Å². The fraction of sp³-hybridized carbons (Fsp3) is 0.632. The minimum atomic E-state index is -3.19. The van der Waals surface area contributed by atoms with Crippen molar-refractivity contribution in [1.82, 2.24) is 9.21 Å². The Morgan fingerprint density at radius 3 is 2.28 bits per heavy atom. The number of hydrogen-bond donors (Lipinski definition) is 0. The van der Waals surface area contributed by atoms with Crippen LogP contribution in [-0.2, 0) is 14.8 Å². The van der Waals surface area contributed by atoms with Gasteiger partial charge in [-0.1, -0.05) is 37.3 Å². The number of carbonyl (C=O) groups excluding carboxylic acids is 1. The molecule has 0 aromatic heterocycles. The zero-order valence-electron chi connectivity index (χ0n) is 15.3. The second-order valence-corrected chi connectivity index (χ2v) is 9.58. The molecule has 1 amide bonds. The third-order valence-electron chi connectivity index (χ3n) is 5.60. The summed E-state index contributed by atoms with van der Waals surface area (Å²) in [4.78, 5) is 15.0. The molecule has 2 aliphatic heterocycles. The number of piperidine rings is 1. The fourth-order valence-electron chi connectivity index (χ4n) is 4.38. The van der Waals surface area contributed by atoms with Crippen LogP contribution in [0.2, 0.25) is 0 Å². The first-order valence-electron chi connectivity index (χ1n) is 9.19. The Labute approximate surface area is 151 Å². The van der Waals surface area contributed by atoms with E-state index in [0.29, 0.717) is 32.4 Å². The summed E-state index contributed by atoms with van der Waals surface area (Å²) in [5.74, 6) is 0.373. The molecule has 25 heavy (non-hydrogen) atoms. The van der Waals surface area contributed by atoms with E-state index < -0.39 is 15.4 Å². The highest BCUT2D eigenvalue weighted by molar-refractivity contribution is 7.89. The second kappa shape index (κ2) is 6.72. The van der Waals surface area contributed by atoms with Crippen LogP contribution < -0.4 is 0 Å². The predicted molar refractivity (Wildman–Crippen MR) is 98.5 cm³/mol. The van der Waals surface area contributed by atoms with E-state index in [1.54, 1.807) is 4.31 Å². The molecule has 1 spiro atoms. The number of nitrogens with zero attached hydrogens (tertiary/aromatic N) is 2. The van der Waals surface area contributed by atoms with Crippen molar-refractivity contribution in [1.29, 1.82) is 0 Å². The van der Waals surface area contributed by atoms with Crippen molar-refractivity contribution in [2.75, 3.05) is 18.8 Å². The first-order valence-corrected chi connectivity index (χ1v) is 10.8. The van der Waals surface area contributed by atoms with Crippen molar-refractivity contribution in [2.45, 2.75) is 52.1 Å². The van der Waals surface area contributed by atoms with Crippen molar-refractivity contribution in [3.05, 3.63) is 35.9 Å². The zero-order chi connectivity index (χ0) is 18.2. The lowest BCUT2D eigenvalue weighted by Crippen LogP contribution is -2.68. The number of hydrogen-bond acceptors (Lipinski definition) is 3. The standard InChI is InChI=1S/C19H28N2O3S/c1-4-14-25(23,24)20-12-10-19(11-13-20)17(16-8-6-5-7-9-16)21(15(2)3)18(19)22/h5-9,15,17H,4,10-14H2,1-3H3. The highest BCUT2D eigenvalue weighted by Crippen LogP contribution is 2.56. The minimum Gasteiger partial charge on any atom is -0.332 e. The van der Waals surface area contributed by atoms with Crippen LogP contribution in [0.25, 0.3) is 0 Å². The first-order chi connectivity index (χ1) is 11.8. The molecule has 0 aliphatic carbocycles. The van der Waals surface area contributed by atoms with E-state index >= 15 is 0 Å². The molecule has 0 radical (unpaired) electrons. The quantitative estimate of drug-likeness (QED) is 0.755. The van der Waals surface area contributed by atoms with Crippen molar-refractivity contribution in [3.63, 3.8) is 0 Å². The average Bonchev–Trinajstić information content (AvgIpc) is 2.59. The Balaban J connectivity index is 1.85. The Bertz CT molecular complexity index is 722. The number of rotatable bonds is 5. The molecule has 1 aromatic rings. The van der Waals surface area contributed by atoms with Crippen molar-refractivity contribution < 1.29 is 13.2 Å². The molecule has 0 N–H and O–H groups in total. The normalized spacial score (nSPS) is 23.9. The summed E-state index contributed by atoms with van der Waals surface area (Å²) < 4.78 is 26.3. The third-order valence-corrected chi connectivity index (χ3v) is 7.68. The fourth-order valence-corrected chi connectivity index (χ4v) is 5.89. The lowest BCUT2D eigenvalue weighted by molar-refractivity contribution is -0.183. The van der Waals surface area contributed by atoms with Gasteiger partial charge in [-0.3, -0.25) is 4.79 Å². The molecule has 1 aromatic carbocycles. The maximum absolute atomic E-state index is 13.0. The van der Waals surface area contributed by atoms with Crippen LogP contribution in [0.4, 0.5) is 0 Å². The topological polar surface area (TPSA) is 57.7 Å². The molecular weight excluding hydrogens is 336 g/mol. The summed E-state index contributed by atoms with van der Waals surface area (Å²) in [5, 5.41) is 0. The van der Waals surface area contributed by atoms with Crippen LogP contribution in [0.5, 0.6) is 0 Å². The van der Waals surface area contributed by atoms with Gasteiger partial charge in [0.25, 0.3) is 0 Å². The molecular formula is C19H28N2O3S. The SMILES string of the molecule is CCCS(=O)(=O)N1CCC2(CC1)C(=O)N(C(C)C)C2c1ccccc1. The number of β-lactam (4-membered cyclic amide) rings is 1. The first kappa shape index (κ1) is 18.4. The van der Waals surface area contributed by atoms with Gasteiger partial charge in [-0.15, -0.1) is 0 Å². The Hall–Kier alpha value is -1.40. The number of carbonyl (C=O) groups is 1. The number of likely N-dealkylation sites (tertiary alicyclic amines) is 1. The van der Waals surface area contributed by atoms with E-state index in [2.05, 4.69) is 12.1 Å². The molecule has 0 bridgehead atoms. The second-order valence-electron chi connectivity index (χ2n) is 7.49. The van der Waals surface area contributed by atoms with E-state index in [9.17, 15) is 13.2 Å². The monoisotopic (exact) mass is 364 g/mol. The molecule has 0 saturated carbocycles. The Morgan fingerprint density at radius 1 is 1.16 bits per heavy atom. The van der Waals surface area contributed by atoms with Gasteiger partial charge < -0.3 is 4.90 Å². The van der Waals surface area contributed by atoms with E-state index in [4.69, 9.17) is 0 Å². The Kier molecular flexibility index (Phi) is 4.95. The molecule has 5 nitrogen and oxygen atoms in total. The molecule has 1 unspecified atom stereocenters. The lowest BCUT2D eigenvalue weighted by atomic mass is 9.62. The molecule has 1 atom stereocenters. The molecule has 2 fully saturated rings. The highest BCUT2D eigenvalue weighted by atomic mass is 32.2. The van der Waals surface area contributed by atoms with E-state index in [1.807, 2.05) is 43.9 Å². The maximum Gasteiger partial charge on any atom is 0.232 e. The van der Waals surface area contributed by atoms with Gasteiger partial charge in [0.2, 0.25) is 15.9 Å². The van der Waals surface area contributed by atoms with Gasteiger partial charge in [-0.05, 0) is 38.7 Å². The number of sulfonamides is 1. The van der Waals surface area contributed by atoms with E-state index in [1.165, 1.54) is 0 Å². The molecule has 3 rings (SSSR count). The largest absolute Gasteiger partial charge is 0.332 e. The van der Waals surface area contributed by atoms with Gasteiger partial charge in [0, 0.05) is 19.1 Å². The summed E-state index contributed by atoms with van der Waals surface area (Å²) in [6, 6.07) is 10.3. The van der Waals surface area contributed by atoms with Gasteiger partial charge in [-0.2, -0.15) is 0 Å². The predicted octanol–water partition coefficient (Wildman–Crippen LogP) is 2.80. The van der Waals surface area contributed by atoms with Gasteiger partial charge >= 0.3 is 0 Å². The van der Waals surface area contributed by atoms with Crippen LogP contribution in [0.1, 0.15) is 51.6 Å². The van der Waals surface area contributed by atoms with Gasteiger partial charge in [-0.25, -0.2) is 12.7 Å².